The van der Waals surface area contributed by atoms with E-state index in [1.165, 1.54) is 37.1 Å². The van der Waals surface area contributed by atoms with Gasteiger partial charge in [-0.2, -0.15) is 0 Å². The maximum absolute atomic E-state index is 14.7. The quantitative estimate of drug-likeness (QED) is 0.196. The van der Waals surface area contributed by atoms with Crippen molar-refractivity contribution in [1.29, 1.82) is 5.41 Å². The number of benzene rings is 2. The molecule has 3 aliphatic rings. The van der Waals surface area contributed by atoms with Gasteiger partial charge in [-0.3, -0.25) is 9.59 Å². The number of nitrogens with one attached hydrogen (secondary N) is 2. The van der Waals surface area contributed by atoms with Gasteiger partial charge in [-0.1, -0.05) is 24.3 Å². The average molecular weight is 538 g/mol. The summed E-state index contributed by atoms with van der Waals surface area (Å²) < 4.78 is 25.5. The van der Waals surface area contributed by atoms with Crippen LogP contribution in [0.15, 0.2) is 48.7 Å². The highest BCUT2D eigenvalue weighted by Gasteiger charge is 2.31. The number of hydrogen-bond acceptors (Lipinski definition) is 7. The summed E-state index contributed by atoms with van der Waals surface area (Å²) in [5, 5.41) is 24.2. The molecule has 9 nitrogen and oxygen atoms in total. The Kier molecular flexibility index (Phi) is 8.35. The first-order chi connectivity index (χ1) is 18.9. The maximum atomic E-state index is 14.7. The predicted octanol–water partition coefficient (Wildman–Crippen LogP) is 1.70. The van der Waals surface area contributed by atoms with Crippen LogP contribution >= 0.6 is 0 Å². The van der Waals surface area contributed by atoms with Gasteiger partial charge < -0.3 is 35.5 Å². The molecular weight excluding hydrogens is 503 g/mol. The van der Waals surface area contributed by atoms with Crippen LogP contribution in [0.25, 0.3) is 0 Å². The number of amides is 1. The van der Waals surface area contributed by atoms with Gasteiger partial charge in [0, 0.05) is 31.0 Å². The summed E-state index contributed by atoms with van der Waals surface area (Å²) >= 11 is 0. The molecule has 2 aliphatic heterocycles. The zero-order valence-corrected chi connectivity index (χ0v) is 21.7. The van der Waals surface area contributed by atoms with Crippen molar-refractivity contribution >= 4 is 17.4 Å². The molecule has 0 aromatic heterocycles. The van der Waals surface area contributed by atoms with E-state index in [0.29, 0.717) is 23.9 Å². The highest BCUT2D eigenvalue weighted by atomic mass is 19.1. The molecule has 2 aromatic rings. The van der Waals surface area contributed by atoms with Crippen LogP contribution in [-0.4, -0.2) is 72.3 Å². The summed E-state index contributed by atoms with van der Waals surface area (Å²) in [5.74, 6) is -2.07. The van der Waals surface area contributed by atoms with Gasteiger partial charge in [0.05, 0.1) is 24.0 Å². The minimum absolute atomic E-state index is 0.000528. The fourth-order valence-electron chi connectivity index (χ4n) is 4.86. The number of Topliss-reactive ketones (excluding diaryl/α,β-unsaturated/α-hetero) is 1. The highest BCUT2D eigenvalue weighted by molar-refractivity contribution is 6.42. The van der Waals surface area contributed by atoms with Gasteiger partial charge in [-0.25, -0.2) is 4.39 Å². The molecule has 0 bridgehead atoms. The van der Waals surface area contributed by atoms with Crippen LogP contribution in [0.2, 0.25) is 0 Å². The second-order valence-corrected chi connectivity index (χ2v) is 10.3. The van der Waals surface area contributed by atoms with Gasteiger partial charge in [0.25, 0.3) is 5.91 Å². The van der Waals surface area contributed by atoms with Crippen LogP contribution in [0, 0.1) is 11.2 Å². The number of likely N-dealkylation sites (tertiary alicyclic amines) is 1. The molecule has 1 amide bonds. The largest absolute Gasteiger partial charge is 0.486 e. The number of quaternary nitrogens is 1. The average Bonchev–Trinajstić information content (AvgIpc) is 3.64. The van der Waals surface area contributed by atoms with Crippen molar-refractivity contribution < 1.29 is 33.9 Å². The van der Waals surface area contributed by atoms with E-state index >= 15 is 0 Å². The lowest BCUT2D eigenvalue weighted by Gasteiger charge is -2.29. The lowest BCUT2D eigenvalue weighted by molar-refractivity contribution is -0.602. The summed E-state index contributed by atoms with van der Waals surface area (Å²) in [6, 6.07) is 8.76. The lowest BCUT2D eigenvalue weighted by atomic mass is 9.99. The SMILES string of the molecule is N=C(/C=C\[NH2+]C1CC1)c1ccc(C(=O)C(=O)N[C@H](CN2CCCC2)[C@H](O)c2cc(F)c3c(c2)OCCO3)cc1. The lowest BCUT2D eigenvalue weighted by Crippen LogP contribution is -2.79. The number of halogens is 1. The van der Waals surface area contributed by atoms with Crippen molar-refractivity contribution in [3.8, 4) is 11.5 Å². The molecule has 1 saturated carbocycles. The number of rotatable bonds is 11. The van der Waals surface area contributed by atoms with Gasteiger partial charge in [-0.05, 0) is 49.2 Å². The number of ketones is 1. The van der Waals surface area contributed by atoms with Gasteiger partial charge in [0.1, 0.15) is 19.3 Å². The Bertz CT molecular complexity index is 1260. The molecular formula is C29H34FN4O5+. The minimum Gasteiger partial charge on any atom is -0.486 e. The van der Waals surface area contributed by atoms with Gasteiger partial charge >= 0.3 is 0 Å². The van der Waals surface area contributed by atoms with Crippen molar-refractivity contribution in [3.05, 3.63) is 71.2 Å². The van der Waals surface area contributed by atoms with Gasteiger partial charge in [0.15, 0.2) is 17.3 Å². The molecule has 2 heterocycles. The van der Waals surface area contributed by atoms with Crippen molar-refractivity contribution in [1.82, 2.24) is 10.2 Å². The fourth-order valence-corrected chi connectivity index (χ4v) is 4.86. The Hall–Kier alpha value is -3.60. The third-order valence-corrected chi connectivity index (χ3v) is 7.24. The Balaban J connectivity index is 1.28. The second kappa shape index (κ2) is 12.1. The molecule has 5 rings (SSSR count). The van der Waals surface area contributed by atoms with E-state index in [1.807, 2.05) is 6.20 Å². The first-order valence-corrected chi connectivity index (χ1v) is 13.4. The molecule has 2 fully saturated rings. The van der Waals surface area contributed by atoms with Crippen LogP contribution < -0.4 is 20.1 Å². The van der Waals surface area contributed by atoms with Crippen molar-refractivity contribution in [2.45, 2.75) is 43.9 Å². The summed E-state index contributed by atoms with van der Waals surface area (Å²) in [6.45, 7) is 2.42. The van der Waals surface area contributed by atoms with E-state index in [0.717, 1.165) is 25.9 Å². The van der Waals surface area contributed by atoms with Crippen molar-refractivity contribution in [2.24, 2.45) is 0 Å². The van der Waals surface area contributed by atoms with E-state index < -0.39 is 29.7 Å². The standard InChI is InChI=1S/C29H33FN4O5/c30-22-15-20(16-25-28(22)39-14-13-38-25)26(35)24(17-34-11-1-2-12-34)33-29(37)27(36)19-5-3-18(4-6-19)23(31)9-10-32-21-7-8-21/h3-6,9-10,15-16,21,24,26,31-32,35H,1-2,7-8,11-14,17H2,(H,33,37)/p+1/b10-9-,31-23?/t24-,26-/m1/s1. The Morgan fingerprint density at radius 3 is 2.54 bits per heavy atom. The van der Waals surface area contributed by atoms with E-state index in [4.69, 9.17) is 14.9 Å². The third-order valence-electron chi connectivity index (χ3n) is 7.24. The number of carbonyl (C=O) groups is 2. The fraction of sp³-hybridized carbons (Fsp3) is 0.414. The number of carbonyl (C=O) groups excluding carboxylic acids is 2. The number of hydrogen-bond donors (Lipinski definition) is 4. The number of fused-ring (bicyclic) bond motifs is 1. The molecule has 5 N–H and O–H groups in total. The zero-order chi connectivity index (χ0) is 27.4. The Morgan fingerprint density at radius 2 is 1.82 bits per heavy atom. The third kappa shape index (κ3) is 6.70. The summed E-state index contributed by atoms with van der Waals surface area (Å²) in [5.41, 5.74) is 1.35. The van der Waals surface area contributed by atoms with E-state index in [2.05, 4.69) is 15.5 Å². The highest BCUT2D eigenvalue weighted by Crippen LogP contribution is 2.36. The first-order valence-electron chi connectivity index (χ1n) is 13.4. The Labute approximate surface area is 226 Å². The minimum atomic E-state index is -1.28. The summed E-state index contributed by atoms with van der Waals surface area (Å²) in [4.78, 5) is 28.1. The summed E-state index contributed by atoms with van der Waals surface area (Å²) in [6.07, 6.45) is 6.71. The molecule has 206 valence electrons. The predicted molar refractivity (Wildman–Crippen MR) is 142 cm³/mol. The molecule has 0 unspecified atom stereocenters. The number of allylic oxidation sites excluding steroid dienone is 1. The first kappa shape index (κ1) is 27.0. The number of aliphatic hydroxyl groups excluding tert-OH is 1. The van der Waals surface area contributed by atoms with Gasteiger partial charge in [0.2, 0.25) is 5.78 Å². The van der Waals surface area contributed by atoms with E-state index in [1.54, 1.807) is 18.2 Å². The van der Waals surface area contributed by atoms with Gasteiger partial charge in [-0.15, -0.1) is 0 Å². The number of aliphatic hydroxyl groups is 1. The molecule has 10 heteroatoms. The Morgan fingerprint density at radius 1 is 1.13 bits per heavy atom. The molecule has 0 spiro atoms. The number of ether oxygens (including phenoxy) is 2. The maximum Gasteiger partial charge on any atom is 0.292 e. The van der Waals surface area contributed by atoms with E-state index in [-0.39, 0.29) is 35.8 Å². The molecule has 2 atom stereocenters. The van der Waals surface area contributed by atoms with Crippen molar-refractivity contribution in [3.63, 3.8) is 0 Å². The number of nitrogens with two attached hydrogens (primary N) is 1. The smallest absolute Gasteiger partial charge is 0.292 e. The topological polar surface area (TPSA) is 129 Å². The molecule has 2 aromatic carbocycles. The van der Waals surface area contributed by atoms with Crippen LogP contribution in [0.4, 0.5) is 4.39 Å². The van der Waals surface area contributed by atoms with E-state index in [9.17, 15) is 19.1 Å². The molecule has 1 saturated heterocycles. The number of nitrogens with zero attached hydrogens (tertiary/aromatic N) is 1. The van der Waals surface area contributed by atoms with Crippen LogP contribution in [0.1, 0.15) is 53.3 Å². The molecule has 0 radical (unpaired) electrons. The van der Waals surface area contributed by atoms with Crippen molar-refractivity contribution in [2.75, 3.05) is 32.8 Å². The summed E-state index contributed by atoms with van der Waals surface area (Å²) in [7, 11) is 0. The monoisotopic (exact) mass is 537 g/mol. The molecule has 39 heavy (non-hydrogen) atoms. The van der Waals surface area contributed by atoms with Crippen LogP contribution in [-0.2, 0) is 4.79 Å². The van der Waals surface area contributed by atoms with Crippen LogP contribution in [0.5, 0.6) is 11.5 Å². The molecule has 1 aliphatic carbocycles. The normalized spacial score (nSPS) is 18.6. The van der Waals surface area contributed by atoms with Crippen LogP contribution in [0.3, 0.4) is 0 Å². The second-order valence-electron chi connectivity index (χ2n) is 10.3. The zero-order valence-electron chi connectivity index (χ0n) is 21.7.